The molecule has 1 unspecified atom stereocenters. The van der Waals surface area contributed by atoms with Crippen LogP contribution in [-0.2, 0) is 9.22 Å². The number of carbonyl (C=O) groups is 2. The summed E-state index contributed by atoms with van der Waals surface area (Å²) in [5.74, 6) is -1.25. The molecule has 0 radical (unpaired) electrons. The second-order valence-corrected chi connectivity index (χ2v) is 12.1. The van der Waals surface area contributed by atoms with Crippen molar-refractivity contribution in [3.05, 3.63) is 0 Å². The SMILES string of the molecule is CC(C)(C)[Si](C)(C)OCC1(O)C[C@@H](C(=O)O)N(C(=O)O)C1. The number of rotatable bonds is 4. The van der Waals surface area contributed by atoms with E-state index >= 15 is 0 Å². The highest BCUT2D eigenvalue weighted by atomic mass is 28.4. The molecule has 0 spiro atoms. The van der Waals surface area contributed by atoms with Gasteiger partial charge >= 0.3 is 12.1 Å². The van der Waals surface area contributed by atoms with Gasteiger partial charge in [-0.05, 0) is 18.1 Å². The molecule has 7 nitrogen and oxygen atoms in total. The van der Waals surface area contributed by atoms with Crippen molar-refractivity contribution >= 4 is 20.4 Å². The van der Waals surface area contributed by atoms with Crippen LogP contribution in [0.5, 0.6) is 0 Å². The Hall–Kier alpha value is -1.12. The predicted molar refractivity (Wildman–Crippen MR) is 78.9 cm³/mol. The molecule has 0 aromatic carbocycles. The van der Waals surface area contributed by atoms with Crippen LogP contribution in [0.3, 0.4) is 0 Å². The van der Waals surface area contributed by atoms with E-state index in [1.807, 2.05) is 13.1 Å². The third-order valence-corrected chi connectivity index (χ3v) is 8.93. The maximum Gasteiger partial charge on any atom is 0.408 e. The van der Waals surface area contributed by atoms with E-state index < -0.39 is 32.0 Å². The maximum absolute atomic E-state index is 11.1. The van der Waals surface area contributed by atoms with E-state index in [9.17, 15) is 14.7 Å². The fourth-order valence-corrected chi connectivity index (χ4v) is 3.08. The summed E-state index contributed by atoms with van der Waals surface area (Å²) in [6.45, 7) is 9.93. The molecule has 0 aromatic heterocycles. The summed E-state index contributed by atoms with van der Waals surface area (Å²) >= 11 is 0. The summed E-state index contributed by atoms with van der Waals surface area (Å²) in [5.41, 5.74) is -1.45. The largest absolute Gasteiger partial charge is 0.480 e. The first-order valence-electron chi connectivity index (χ1n) is 6.88. The zero-order valence-corrected chi connectivity index (χ0v) is 14.2. The van der Waals surface area contributed by atoms with Crippen molar-refractivity contribution in [1.82, 2.24) is 4.90 Å². The third kappa shape index (κ3) is 3.95. The molecule has 0 bridgehead atoms. The van der Waals surface area contributed by atoms with Gasteiger partial charge in [0.1, 0.15) is 11.6 Å². The van der Waals surface area contributed by atoms with Crippen molar-refractivity contribution in [2.75, 3.05) is 13.2 Å². The molecule has 0 aromatic rings. The third-order valence-electron chi connectivity index (χ3n) is 4.45. The topological polar surface area (TPSA) is 107 Å². The van der Waals surface area contributed by atoms with Gasteiger partial charge in [-0.1, -0.05) is 20.8 Å². The van der Waals surface area contributed by atoms with E-state index in [2.05, 4.69) is 20.8 Å². The van der Waals surface area contributed by atoms with Crippen LogP contribution in [0.25, 0.3) is 0 Å². The highest BCUT2D eigenvalue weighted by Gasteiger charge is 2.50. The molecular formula is C13H25NO6Si. The minimum atomic E-state index is -2.09. The van der Waals surface area contributed by atoms with E-state index in [4.69, 9.17) is 14.6 Å². The Kier molecular flexibility index (Phi) is 4.76. The number of β-amino-alcohol motifs (C(OH)–C–C–N with tert-alkyl or cyclic N) is 1. The Balaban J connectivity index is 2.80. The molecule has 0 saturated carbocycles. The summed E-state index contributed by atoms with van der Waals surface area (Å²) < 4.78 is 5.91. The van der Waals surface area contributed by atoms with Crippen molar-refractivity contribution < 1.29 is 29.3 Å². The van der Waals surface area contributed by atoms with Crippen molar-refractivity contribution in [3.8, 4) is 0 Å². The zero-order valence-electron chi connectivity index (χ0n) is 13.2. The zero-order chi connectivity index (χ0) is 16.6. The van der Waals surface area contributed by atoms with Crippen LogP contribution in [0.15, 0.2) is 0 Å². The summed E-state index contributed by atoms with van der Waals surface area (Å²) in [5, 5.41) is 28.6. The van der Waals surface area contributed by atoms with Crippen molar-refractivity contribution in [1.29, 1.82) is 0 Å². The van der Waals surface area contributed by atoms with Crippen molar-refractivity contribution in [2.24, 2.45) is 0 Å². The van der Waals surface area contributed by atoms with Gasteiger partial charge in [-0.25, -0.2) is 9.59 Å². The molecule has 1 rings (SSSR count). The standard InChI is InChI=1S/C13H25NO6Si/c1-12(2,3)21(4,5)20-8-13(19)6-9(10(15)16)14(7-13)11(17)18/h9,19H,6-8H2,1-5H3,(H,15,16)(H,17,18)/t9-,13?/m0/s1. The lowest BCUT2D eigenvalue weighted by Crippen LogP contribution is -2.47. The molecule has 8 heteroatoms. The number of likely N-dealkylation sites (tertiary alicyclic amines) is 1. The number of amides is 1. The van der Waals surface area contributed by atoms with Gasteiger partial charge in [-0.2, -0.15) is 0 Å². The van der Waals surface area contributed by atoms with Gasteiger partial charge < -0.3 is 19.7 Å². The van der Waals surface area contributed by atoms with E-state index in [0.717, 1.165) is 4.90 Å². The van der Waals surface area contributed by atoms with Gasteiger partial charge in [0, 0.05) is 6.42 Å². The lowest BCUT2D eigenvalue weighted by molar-refractivity contribution is -0.141. The van der Waals surface area contributed by atoms with Gasteiger partial charge in [0.25, 0.3) is 0 Å². The second-order valence-electron chi connectivity index (χ2n) is 7.24. The summed E-state index contributed by atoms with van der Waals surface area (Å²) in [6.07, 6.45) is -1.49. The number of hydrogen-bond acceptors (Lipinski definition) is 4. The summed E-state index contributed by atoms with van der Waals surface area (Å²) in [7, 11) is -2.09. The quantitative estimate of drug-likeness (QED) is 0.679. The average molecular weight is 319 g/mol. The monoisotopic (exact) mass is 319 g/mol. The van der Waals surface area contributed by atoms with Crippen LogP contribution in [0, 0.1) is 0 Å². The van der Waals surface area contributed by atoms with E-state index in [1.54, 1.807) is 0 Å². The highest BCUT2D eigenvalue weighted by Crippen LogP contribution is 2.38. The molecule has 1 amide bonds. The Morgan fingerprint density at radius 3 is 2.19 bits per heavy atom. The Morgan fingerprint density at radius 2 is 1.86 bits per heavy atom. The lowest BCUT2D eigenvalue weighted by atomic mass is 10.0. The number of hydrogen-bond donors (Lipinski definition) is 3. The minimum absolute atomic E-state index is 0.0410. The van der Waals surface area contributed by atoms with Crippen LogP contribution in [0.1, 0.15) is 27.2 Å². The van der Waals surface area contributed by atoms with Gasteiger partial charge in [-0.15, -0.1) is 0 Å². The lowest BCUT2D eigenvalue weighted by Gasteiger charge is -2.38. The first kappa shape index (κ1) is 17.9. The van der Waals surface area contributed by atoms with Gasteiger partial charge in [0.2, 0.25) is 0 Å². The molecule has 21 heavy (non-hydrogen) atoms. The fourth-order valence-electron chi connectivity index (χ4n) is 2.02. The molecular weight excluding hydrogens is 294 g/mol. The molecule has 0 aliphatic carbocycles. The molecule has 2 atom stereocenters. The molecule has 1 aliphatic rings. The average Bonchev–Trinajstić information content (AvgIpc) is 2.65. The maximum atomic E-state index is 11.1. The number of carboxylic acids is 1. The highest BCUT2D eigenvalue weighted by molar-refractivity contribution is 6.74. The molecule has 122 valence electrons. The number of aliphatic hydroxyl groups is 1. The van der Waals surface area contributed by atoms with E-state index in [-0.39, 0.29) is 24.6 Å². The van der Waals surface area contributed by atoms with Crippen LogP contribution in [-0.4, -0.2) is 65.4 Å². The van der Waals surface area contributed by atoms with Gasteiger partial charge in [0.15, 0.2) is 8.32 Å². The second kappa shape index (κ2) is 5.58. The summed E-state index contributed by atoms with van der Waals surface area (Å²) in [6, 6.07) is -1.23. The fraction of sp³-hybridized carbons (Fsp3) is 0.846. The van der Waals surface area contributed by atoms with Crippen molar-refractivity contribution in [3.63, 3.8) is 0 Å². The Labute approximate surface area is 125 Å². The first-order valence-corrected chi connectivity index (χ1v) is 9.79. The van der Waals surface area contributed by atoms with Crippen molar-refractivity contribution in [2.45, 2.75) is 57.0 Å². The number of carboxylic acid groups (broad SMARTS) is 2. The molecule has 1 heterocycles. The van der Waals surface area contributed by atoms with E-state index in [0.29, 0.717) is 0 Å². The Morgan fingerprint density at radius 1 is 1.33 bits per heavy atom. The van der Waals surface area contributed by atoms with Crippen LogP contribution in [0.2, 0.25) is 18.1 Å². The van der Waals surface area contributed by atoms with Crippen LogP contribution in [0.4, 0.5) is 4.79 Å². The number of nitrogens with zero attached hydrogens (tertiary/aromatic N) is 1. The molecule has 1 saturated heterocycles. The molecule has 3 N–H and O–H groups in total. The summed E-state index contributed by atoms with van der Waals surface area (Å²) in [4.78, 5) is 23.0. The normalized spacial score (nSPS) is 27.0. The van der Waals surface area contributed by atoms with Crippen LogP contribution >= 0.6 is 0 Å². The predicted octanol–water partition coefficient (Wildman–Crippen LogP) is 1.58. The van der Waals surface area contributed by atoms with Gasteiger partial charge in [0.05, 0.1) is 13.2 Å². The van der Waals surface area contributed by atoms with E-state index in [1.165, 1.54) is 0 Å². The molecule has 1 fully saturated rings. The van der Waals surface area contributed by atoms with Crippen LogP contribution < -0.4 is 0 Å². The first-order chi connectivity index (χ1) is 9.29. The van der Waals surface area contributed by atoms with Gasteiger partial charge in [-0.3, -0.25) is 4.90 Å². The molecule has 1 aliphatic heterocycles. The smallest absolute Gasteiger partial charge is 0.408 e. The Bertz CT molecular complexity index is 409. The number of aliphatic carboxylic acids is 1. The minimum Gasteiger partial charge on any atom is -0.480 e.